The van der Waals surface area contributed by atoms with Gasteiger partial charge in [0.25, 0.3) is 11.6 Å². The molecule has 0 spiro atoms. The summed E-state index contributed by atoms with van der Waals surface area (Å²) in [6.45, 7) is -4.04. The maximum atomic E-state index is 12.5. The van der Waals surface area contributed by atoms with Gasteiger partial charge in [-0.05, 0) is 12.1 Å². The van der Waals surface area contributed by atoms with Gasteiger partial charge in [-0.1, -0.05) is 12.1 Å². The second-order valence-electron chi connectivity index (χ2n) is 5.48. The van der Waals surface area contributed by atoms with Gasteiger partial charge in [-0.25, -0.2) is 4.79 Å². The Hall–Kier alpha value is -3.96. The van der Waals surface area contributed by atoms with Crippen molar-refractivity contribution in [2.75, 3.05) is 26.1 Å². The Bertz CT molecular complexity index is 952. The van der Waals surface area contributed by atoms with E-state index in [0.29, 0.717) is 17.5 Å². The fourth-order valence-electron chi connectivity index (χ4n) is 2.35. The fraction of sp³-hybridized carbons (Fsp3) is 0.222. The molecule has 10 nitrogen and oxygen atoms in total. The van der Waals surface area contributed by atoms with Crippen LogP contribution in [-0.4, -0.2) is 44.2 Å². The van der Waals surface area contributed by atoms with Crippen molar-refractivity contribution >= 4 is 23.3 Å². The highest BCUT2D eigenvalue weighted by Gasteiger charge is 2.27. The summed E-state index contributed by atoms with van der Waals surface area (Å²) >= 11 is 0. The number of hydrogen-bond acceptors (Lipinski definition) is 8. The molecule has 1 N–H and O–H groups in total. The van der Waals surface area contributed by atoms with E-state index in [4.69, 9.17) is 14.2 Å². The normalized spacial score (nSPS) is 10.3. The number of halogens is 2. The molecular formula is C18H16F2N2O8. The number of nitrogens with one attached hydrogen (secondary N) is 1. The number of methoxy groups -OCH3 is 2. The van der Waals surface area contributed by atoms with E-state index in [9.17, 15) is 28.5 Å². The third-order valence-corrected chi connectivity index (χ3v) is 3.63. The Balaban J connectivity index is 2.17. The van der Waals surface area contributed by atoms with Gasteiger partial charge in [0.05, 0.1) is 30.9 Å². The number of esters is 1. The van der Waals surface area contributed by atoms with Crippen molar-refractivity contribution in [3.63, 3.8) is 0 Å². The minimum atomic E-state index is -3.27. The van der Waals surface area contributed by atoms with Crippen molar-refractivity contribution in [2.45, 2.75) is 6.61 Å². The average Bonchev–Trinajstić information content (AvgIpc) is 2.71. The number of rotatable bonds is 9. The van der Waals surface area contributed by atoms with Crippen LogP contribution in [0.4, 0.5) is 20.2 Å². The van der Waals surface area contributed by atoms with Crippen LogP contribution in [0.2, 0.25) is 0 Å². The molecule has 0 saturated heterocycles. The number of nitro groups is 1. The molecule has 12 heteroatoms. The fourth-order valence-corrected chi connectivity index (χ4v) is 2.35. The Labute approximate surface area is 168 Å². The zero-order valence-corrected chi connectivity index (χ0v) is 15.7. The van der Waals surface area contributed by atoms with Crippen LogP contribution in [0, 0.1) is 10.1 Å². The van der Waals surface area contributed by atoms with E-state index in [1.54, 1.807) is 24.3 Å². The summed E-state index contributed by atoms with van der Waals surface area (Å²) in [4.78, 5) is 34.6. The number of nitro benzene ring substituents is 1. The molecule has 1 amide bonds. The molecule has 0 fully saturated rings. The molecule has 160 valence electrons. The number of carbonyl (C=O) groups excluding carboxylic acids is 2. The van der Waals surface area contributed by atoms with E-state index in [1.165, 1.54) is 7.11 Å². The lowest BCUT2D eigenvalue weighted by Gasteiger charge is -2.12. The summed E-state index contributed by atoms with van der Waals surface area (Å²) in [7, 11) is 2.49. The van der Waals surface area contributed by atoms with Gasteiger partial charge in [0.2, 0.25) is 0 Å². The van der Waals surface area contributed by atoms with Crippen molar-refractivity contribution in [1.82, 2.24) is 0 Å². The van der Waals surface area contributed by atoms with Crippen molar-refractivity contribution < 1.29 is 42.2 Å². The van der Waals surface area contributed by atoms with Crippen LogP contribution in [0.3, 0.4) is 0 Å². The van der Waals surface area contributed by atoms with Gasteiger partial charge in [-0.2, -0.15) is 8.78 Å². The molecule has 2 aromatic carbocycles. The SMILES string of the molecule is COc1ccccc1NC(=O)COC(=O)c1cc(OC)c(OC(F)F)cc1[N+](=O)[O-]. The van der Waals surface area contributed by atoms with Gasteiger partial charge in [-0.3, -0.25) is 14.9 Å². The number of hydrogen-bond donors (Lipinski definition) is 1. The zero-order valence-electron chi connectivity index (χ0n) is 15.7. The topological polar surface area (TPSA) is 126 Å². The molecule has 0 unspecified atom stereocenters. The number of alkyl halides is 2. The van der Waals surface area contributed by atoms with E-state index < -0.39 is 47.0 Å². The second-order valence-corrected chi connectivity index (χ2v) is 5.48. The number of para-hydroxylation sites is 2. The highest BCUT2D eigenvalue weighted by molar-refractivity contribution is 5.98. The monoisotopic (exact) mass is 426 g/mol. The Kier molecular flexibility index (Phi) is 7.44. The van der Waals surface area contributed by atoms with E-state index in [0.717, 1.165) is 13.2 Å². The summed E-state index contributed by atoms with van der Waals surface area (Å²) < 4.78 is 43.8. The standard InChI is InChI=1S/C18H16F2N2O8/c1-27-13-6-4-3-5-11(13)21-16(23)9-29-17(24)10-7-14(28-2)15(30-18(19)20)8-12(10)22(25)26/h3-8,18H,9H2,1-2H3,(H,21,23). The van der Waals surface area contributed by atoms with Gasteiger partial charge in [0.15, 0.2) is 18.1 Å². The molecule has 0 aromatic heterocycles. The molecule has 0 bridgehead atoms. The molecule has 0 saturated carbocycles. The Morgan fingerprint density at radius 2 is 1.77 bits per heavy atom. The van der Waals surface area contributed by atoms with E-state index in [-0.39, 0.29) is 5.75 Å². The highest BCUT2D eigenvalue weighted by Crippen LogP contribution is 2.36. The number of ether oxygens (including phenoxy) is 4. The van der Waals surface area contributed by atoms with Crippen LogP contribution in [0.5, 0.6) is 17.2 Å². The Morgan fingerprint density at radius 1 is 1.10 bits per heavy atom. The lowest BCUT2D eigenvalue weighted by molar-refractivity contribution is -0.385. The molecular weight excluding hydrogens is 410 g/mol. The molecule has 0 aliphatic carbocycles. The predicted molar refractivity (Wildman–Crippen MR) is 98.2 cm³/mol. The molecule has 0 atom stereocenters. The number of carbonyl (C=O) groups is 2. The largest absolute Gasteiger partial charge is 0.495 e. The van der Waals surface area contributed by atoms with Gasteiger partial charge in [-0.15, -0.1) is 0 Å². The molecule has 0 heterocycles. The van der Waals surface area contributed by atoms with E-state index in [2.05, 4.69) is 10.1 Å². The van der Waals surface area contributed by atoms with Crippen molar-refractivity contribution in [3.8, 4) is 17.2 Å². The number of amides is 1. The van der Waals surface area contributed by atoms with Crippen LogP contribution in [-0.2, 0) is 9.53 Å². The lowest BCUT2D eigenvalue weighted by atomic mass is 10.1. The van der Waals surface area contributed by atoms with Gasteiger partial charge in [0, 0.05) is 6.07 Å². The summed E-state index contributed by atoms with van der Waals surface area (Å²) in [5.41, 5.74) is -1.15. The lowest BCUT2D eigenvalue weighted by Crippen LogP contribution is -2.21. The van der Waals surface area contributed by atoms with Crippen LogP contribution in [0.15, 0.2) is 36.4 Å². The minimum Gasteiger partial charge on any atom is -0.495 e. The van der Waals surface area contributed by atoms with Gasteiger partial charge < -0.3 is 24.3 Å². The molecule has 0 aliphatic heterocycles. The van der Waals surface area contributed by atoms with Crippen LogP contribution >= 0.6 is 0 Å². The number of nitrogens with zero attached hydrogens (tertiary/aromatic N) is 1. The van der Waals surface area contributed by atoms with Crippen molar-refractivity contribution in [1.29, 1.82) is 0 Å². The first-order valence-corrected chi connectivity index (χ1v) is 8.18. The maximum Gasteiger partial charge on any atom is 0.387 e. The Morgan fingerprint density at radius 3 is 2.37 bits per heavy atom. The quantitative estimate of drug-likeness (QED) is 0.368. The summed E-state index contributed by atoms with van der Waals surface area (Å²) in [5.74, 6) is -2.60. The summed E-state index contributed by atoms with van der Waals surface area (Å²) in [5, 5.41) is 13.7. The first-order chi connectivity index (χ1) is 14.3. The van der Waals surface area contributed by atoms with Crippen molar-refractivity contribution in [3.05, 3.63) is 52.1 Å². The molecule has 30 heavy (non-hydrogen) atoms. The zero-order chi connectivity index (χ0) is 22.3. The smallest absolute Gasteiger partial charge is 0.387 e. The van der Waals surface area contributed by atoms with E-state index >= 15 is 0 Å². The van der Waals surface area contributed by atoms with Crippen LogP contribution in [0.1, 0.15) is 10.4 Å². The average molecular weight is 426 g/mol. The summed E-state index contributed by atoms with van der Waals surface area (Å²) in [6.07, 6.45) is 0. The number of anilines is 1. The molecule has 2 aromatic rings. The second kappa shape index (κ2) is 10.0. The molecule has 0 radical (unpaired) electrons. The van der Waals surface area contributed by atoms with Gasteiger partial charge >= 0.3 is 12.6 Å². The first kappa shape index (κ1) is 22.3. The molecule has 2 rings (SSSR count). The maximum absolute atomic E-state index is 12.5. The highest BCUT2D eigenvalue weighted by atomic mass is 19.3. The number of benzene rings is 2. The first-order valence-electron chi connectivity index (χ1n) is 8.18. The van der Waals surface area contributed by atoms with Crippen LogP contribution in [0.25, 0.3) is 0 Å². The summed E-state index contributed by atoms with van der Waals surface area (Å²) in [6, 6.07) is 7.90. The van der Waals surface area contributed by atoms with Crippen LogP contribution < -0.4 is 19.5 Å². The van der Waals surface area contributed by atoms with Crippen molar-refractivity contribution in [2.24, 2.45) is 0 Å². The van der Waals surface area contributed by atoms with E-state index in [1.807, 2.05) is 0 Å². The third-order valence-electron chi connectivity index (χ3n) is 3.63. The third kappa shape index (κ3) is 5.53. The predicted octanol–water partition coefficient (Wildman–Crippen LogP) is 3.01. The van der Waals surface area contributed by atoms with Gasteiger partial charge in [0.1, 0.15) is 11.3 Å². The molecule has 0 aliphatic rings. The minimum absolute atomic E-state index is 0.321.